The minimum absolute atomic E-state index is 0.00451. The van der Waals surface area contributed by atoms with Gasteiger partial charge in [-0.2, -0.15) is 0 Å². The van der Waals surface area contributed by atoms with Crippen LogP contribution in [0.5, 0.6) is 23.0 Å². The molecule has 1 saturated carbocycles. The molecule has 0 bridgehead atoms. The van der Waals surface area contributed by atoms with E-state index in [9.17, 15) is 15.0 Å². The van der Waals surface area contributed by atoms with Crippen molar-refractivity contribution < 1.29 is 24.1 Å². The van der Waals surface area contributed by atoms with Crippen molar-refractivity contribution in [3.05, 3.63) is 46.1 Å². The van der Waals surface area contributed by atoms with Crippen molar-refractivity contribution in [3.63, 3.8) is 0 Å². The Morgan fingerprint density at radius 1 is 1.12 bits per heavy atom. The van der Waals surface area contributed by atoms with Crippen LogP contribution in [0.2, 0.25) is 0 Å². The number of fused-ring (bicyclic) bond motifs is 4. The molecule has 168 valence electrons. The molecule has 2 aliphatic rings. The second-order valence-corrected chi connectivity index (χ2v) is 9.70. The minimum atomic E-state index is -0.322. The van der Waals surface area contributed by atoms with E-state index in [2.05, 4.69) is 13.8 Å². The number of phenols is 2. The molecular formula is C26H28O6. The van der Waals surface area contributed by atoms with Gasteiger partial charge in [0.2, 0.25) is 0 Å². The van der Waals surface area contributed by atoms with Gasteiger partial charge in [-0.15, -0.1) is 0 Å². The molecular weight excluding hydrogens is 408 g/mol. The van der Waals surface area contributed by atoms with Gasteiger partial charge in [-0.1, -0.05) is 20.3 Å². The topological polar surface area (TPSA) is 89.1 Å². The molecule has 1 aromatic heterocycles. The highest BCUT2D eigenvalue weighted by Crippen LogP contribution is 2.50. The summed E-state index contributed by atoms with van der Waals surface area (Å²) in [4.78, 5) is 13.1. The zero-order valence-corrected chi connectivity index (χ0v) is 18.6. The third-order valence-corrected chi connectivity index (χ3v) is 7.35. The SMILES string of the molecule is COc1cc(-c2cc(=O)c3c(O)cc4c(c3o2)C[C@@H]2[C@H](CCCC2(C)C)CO4)ccc1O. The predicted molar refractivity (Wildman–Crippen MR) is 122 cm³/mol. The van der Waals surface area contributed by atoms with Crippen LogP contribution >= 0.6 is 0 Å². The summed E-state index contributed by atoms with van der Waals surface area (Å²) in [5.41, 5.74) is 1.64. The van der Waals surface area contributed by atoms with Gasteiger partial charge in [0.1, 0.15) is 28.2 Å². The van der Waals surface area contributed by atoms with Crippen molar-refractivity contribution in [3.8, 4) is 34.3 Å². The Bertz CT molecular complexity index is 1260. The van der Waals surface area contributed by atoms with Gasteiger partial charge in [-0.25, -0.2) is 0 Å². The van der Waals surface area contributed by atoms with E-state index in [0.29, 0.717) is 41.1 Å². The second-order valence-electron chi connectivity index (χ2n) is 9.70. The molecule has 1 aliphatic heterocycles. The Labute approximate surface area is 186 Å². The summed E-state index contributed by atoms with van der Waals surface area (Å²) in [6.45, 7) is 5.22. The van der Waals surface area contributed by atoms with Gasteiger partial charge >= 0.3 is 0 Å². The normalized spacial score (nSPS) is 21.8. The first-order chi connectivity index (χ1) is 15.3. The summed E-state index contributed by atoms with van der Waals surface area (Å²) < 4.78 is 17.6. The molecule has 5 rings (SSSR count). The first-order valence-electron chi connectivity index (χ1n) is 11.1. The van der Waals surface area contributed by atoms with Crippen LogP contribution in [0.25, 0.3) is 22.3 Å². The molecule has 0 spiro atoms. The third-order valence-electron chi connectivity index (χ3n) is 7.35. The summed E-state index contributed by atoms with van der Waals surface area (Å²) in [5, 5.41) is 20.7. The number of benzene rings is 2. The number of hydrogen-bond donors (Lipinski definition) is 2. The highest BCUT2D eigenvalue weighted by atomic mass is 16.5. The molecule has 0 unspecified atom stereocenters. The number of methoxy groups -OCH3 is 1. The van der Waals surface area contributed by atoms with Crippen molar-refractivity contribution in [2.75, 3.05) is 13.7 Å². The zero-order chi connectivity index (χ0) is 22.6. The smallest absolute Gasteiger partial charge is 0.197 e. The molecule has 3 aromatic rings. The van der Waals surface area contributed by atoms with Crippen LogP contribution in [0.15, 0.2) is 39.5 Å². The Kier molecular flexibility index (Phi) is 4.84. The fraction of sp³-hybridized carbons (Fsp3) is 0.423. The zero-order valence-electron chi connectivity index (χ0n) is 18.6. The highest BCUT2D eigenvalue weighted by Gasteiger charge is 2.42. The summed E-state index contributed by atoms with van der Waals surface area (Å²) in [7, 11) is 1.47. The number of hydrogen-bond acceptors (Lipinski definition) is 6. The van der Waals surface area contributed by atoms with Gasteiger partial charge in [0, 0.05) is 23.3 Å². The summed E-state index contributed by atoms with van der Waals surface area (Å²) in [5.74, 6) is 1.92. The van der Waals surface area contributed by atoms with Gasteiger partial charge in [-0.05, 0) is 54.7 Å². The fourth-order valence-corrected chi connectivity index (χ4v) is 5.54. The van der Waals surface area contributed by atoms with Crippen LogP contribution in [-0.4, -0.2) is 23.9 Å². The molecule has 0 radical (unpaired) electrons. The van der Waals surface area contributed by atoms with E-state index >= 15 is 0 Å². The van der Waals surface area contributed by atoms with E-state index in [0.717, 1.165) is 24.8 Å². The van der Waals surface area contributed by atoms with Crippen molar-refractivity contribution in [2.45, 2.75) is 39.5 Å². The van der Waals surface area contributed by atoms with Gasteiger partial charge in [0.15, 0.2) is 16.9 Å². The van der Waals surface area contributed by atoms with Crippen LogP contribution in [0, 0.1) is 17.3 Å². The molecule has 6 nitrogen and oxygen atoms in total. The Morgan fingerprint density at radius 3 is 2.72 bits per heavy atom. The third kappa shape index (κ3) is 3.29. The van der Waals surface area contributed by atoms with Crippen molar-refractivity contribution in [2.24, 2.45) is 17.3 Å². The number of ether oxygens (including phenoxy) is 2. The van der Waals surface area contributed by atoms with E-state index in [1.165, 1.54) is 25.7 Å². The number of rotatable bonds is 2. The van der Waals surface area contributed by atoms with E-state index < -0.39 is 0 Å². The summed E-state index contributed by atoms with van der Waals surface area (Å²) >= 11 is 0. The first-order valence-corrected chi connectivity index (χ1v) is 11.1. The Hall–Kier alpha value is -3.15. The second kappa shape index (κ2) is 7.47. The Balaban J connectivity index is 1.72. The largest absolute Gasteiger partial charge is 0.507 e. The maximum atomic E-state index is 13.1. The van der Waals surface area contributed by atoms with Gasteiger partial charge in [0.05, 0.1) is 13.7 Å². The average molecular weight is 437 g/mol. The van der Waals surface area contributed by atoms with Crippen LogP contribution < -0.4 is 14.9 Å². The van der Waals surface area contributed by atoms with Crippen molar-refractivity contribution >= 4 is 11.0 Å². The monoisotopic (exact) mass is 436 g/mol. The molecule has 2 aromatic carbocycles. The lowest BCUT2D eigenvalue weighted by atomic mass is 9.62. The quantitative estimate of drug-likeness (QED) is 0.570. The number of aromatic hydroxyl groups is 2. The molecule has 1 fully saturated rings. The molecule has 32 heavy (non-hydrogen) atoms. The fourth-order valence-electron chi connectivity index (χ4n) is 5.54. The molecule has 2 heterocycles. The molecule has 2 atom stereocenters. The lowest BCUT2D eigenvalue weighted by Crippen LogP contribution is -2.37. The lowest BCUT2D eigenvalue weighted by Gasteiger charge is -2.43. The highest BCUT2D eigenvalue weighted by molar-refractivity contribution is 5.89. The average Bonchev–Trinajstić information content (AvgIpc) is 2.94. The van der Waals surface area contributed by atoms with Crippen LogP contribution in [-0.2, 0) is 6.42 Å². The van der Waals surface area contributed by atoms with E-state index in [1.807, 2.05) is 0 Å². The lowest BCUT2D eigenvalue weighted by molar-refractivity contribution is 0.0535. The van der Waals surface area contributed by atoms with Crippen molar-refractivity contribution in [1.29, 1.82) is 0 Å². The van der Waals surface area contributed by atoms with Gasteiger partial charge < -0.3 is 24.1 Å². The molecule has 1 aliphatic carbocycles. The van der Waals surface area contributed by atoms with E-state index in [-0.39, 0.29) is 33.5 Å². The minimum Gasteiger partial charge on any atom is -0.507 e. The summed E-state index contributed by atoms with van der Waals surface area (Å²) in [6.07, 6.45) is 4.19. The maximum absolute atomic E-state index is 13.1. The molecule has 0 amide bonds. The predicted octanol–water partition coefficient (Wildman–Crippen LogP) is 5.26. The van der Waals surface area contributed by atoms with E-state index in [4.69, 9.17) is 13.9 Å². The summed E-state index contributed by atoms with van der Waals surface area (Å²) in [6, 6.07) is 7.71. The maximum Gasteiger partial charge on any atom is 0.197 e. The molecule has 2 N–H and O–H groups in total. The Morgan fingerprint density at radius 2 is 1.94 bits per heavy atom. The van der Waals surface area contributed by atoms with Crippen LogP contribution in [0.4, 0.5) is 0 Å². The molecule has 6 heteroatoms. The van der Waals surface area contributed by atoms with Crippen molar-refractivity contribution in [1.82, 2.24) is 0 Å². The first kappa shape index (κ1) is 20.7. The molecule has 0 saturated heterocycles. The number of phenolic OH excluding ortho intramolecular Hbond substituents is 2. The van der Waals surface area contributed by atoms with E-state index in [1.54, 1.807) is 18.2 Å². The van der Waals surface area contributed by atoms with Gasteiger partial charge in [0.25, 0.3) is 0 Å². The standard InChI is InChI=1S/C26H28O6/c1-26(2)8-4-5-15-13-31-22-12-20(29)24-19(28)11-21(32-25(24)16(22)10-17(15)26)14-6-7-18(27)23(9-14)30-3/h6-7,9,11-12,15,17,27,29H,4-5,8,10,13H2,1-3H3/t15-,17-/m1/s1. The van der Waals surface area contributed by atoms with Crippen LogP contribution in [0.3, 0.4) is 0 Å². The van der Waals surface area contributed by atoms with Crippen LogP contribution in [0.1, 0.15) is 38.7 Å². The van der Waals surface area contributed by atoms with Gasteiger partial charge in [-0.3, -0.25) is 4.79 Å².